The quantitative estimate of drug-likeness (QED) is 0.789. The van der Waals surface area contributed by atoms with Crippen LogP contribution in [0.25, 0.3) is 0 Å². The molecule has 1 amide bonds. The molecule has 0 aromatic heterocycles. The first-order chi connectivity index (χ1) is 12.7. The highest BCUT2D eigenvalue weighted by Crippen LogP contribution is 2.45. The van der Waals surface area contributed by atoms with E-state index in [0.29, 0.717) is 0 Å². The van der Waals surface area contributed by atoms with Gasteiger partial charge < -0.3 is 10.2 Å². The van der Waals surface area contributed by atoms with Crippen LogP contribution in [0.1, 0.15) is 51.9 Å². The fraction of sp³-hybridized carbons (Fsp3) is 0.609. The number of nitrogens with zero attached hydrogens (tertiary/aromatic N) is 1. The molecule has 4 aliphatic rings. The molecule has 2 aliphatic heterocycles. The minimum absolute atomic E-state index is 0. The van der Waals surface area contributed by atoms with Crippen LogP contribution >= 0.6 is 0 Å². The largest absolute Gasteiger partial charge is 0.325 e. The third kappa shape index (κ3) is 2.81. The van der Waals surface area contributed by atoms with E-state index in [4.69, 9.17) is 0 Å². The first-order valence-corrected chi connectivity index (χ1v) is 10.5. The molecule has 1 saturated heterocycles. The van der Waals surface area contributed by atoms with Crippen molar-refractivity contribution in [2.75, 3.05) is 25.0 Å². The zero-order valence-electron chi connectivity index (χ0n) is 15.6. The maximum absolute atomic E-state index is 12.7. The second-order valence-electron chi connectivity index (χ2n) is 9.09. The molecule has 3 atom stereocenters. The molecule has 140 valence electrons. The van der Waals surface area contributed by atoms with Crippen molar-refractivity contribution in [2.24, 2.45) is 17.8 Å². The van der Waals surface area contributed by atoms with Gasteiger partial charge in [0.2, 0.25) is 5.91 Å². The monoisotopic (exact) mass is 352 g/mol. The highest BCUT2D eigenvalue weighted by atomic mass is 16.2. The number of carbonyl (C=O) groups is 1. The Morgan fingerprint density at radius 3 is 2.88 bits per heavy atom. The van der Waals surface area contributed by atoms with E-state index in [1.54, 1.807) is 0 Å². The Balaban J connectivity index is 0.00000180. The molecule has 26 heavy (non-hydrogen) atoms. The minimum atomic E-state index is -0.268. The van der Waals surface area contributed by atoms with Crippen molar-refractivity contribution in [1.29, 1.82) is 0 Å². The molecule has 3 heteroatoms. The number of allylic oxidation sites excluding steroid dienone is 2. The Labute approximate surface area is 158 Å². The Kier molecular flexibility index (Phi) is 4.16. The van der Waals surface area contributed by atoms with Crippen LogP contribution in [-0.4, -0.2) is 30.4 Å². The number of fused-ring (bicyclic) bond motifs is 4. The molecule has 3 unspecified atom stereocenters. The van der Waals surface area contributed by atoms with Gasteiger partial charge in [0.15, 0.2) is 0 Å². The summed E-state index contributed by atoms with van der Waals surface area (Å²) in [4.78, 5) is 15.4. The maximum atomic E-state index is 12.7. The van der Waals surface area contributed by atoms with E-state index in [9.17, 15) is 4.79 Å². The molecule has 5 rings (SSSR count). The average molecular weight is 353 g/mol. The number of hydrogen-bond acceptors (Lipinski definition) is 2. The van der Waals surface area contributed by atoms with E-state index < -0.39 is 0 Å². The molecule has 2 heterocycles. The van der Waals surface area contributed by atoms with E-state index in [1.165, 1.54) is 44.2 Å². The second-order valence-corrected chi connectivity index (χ2v) is 9.09. The summed E-state index contributed by atoms with van der Waals surface area (Å²) in [5, 5.41) is 3.12. The fourth-order valence-electron chi connectivity index (χ4n) is 6.01. The molecular formula is C23H32N2O. The third-order valence-corrected chi connectivity index (χ3v) is 7.48. The van der Waals surface area contributed by atoms with Crippen molar-refractivity contribution in [3.8, 4) is 0 Å². The zero-order valence-corrected chi connectivity index (χ0v) is 15.6. The Morgan fingerprint density at radius 2 is 2.00 bits per heavy atom. The summed E-state index contributed by atoms with van der Waals surface area (Å²) in [5.41, 5.74) is 2.00. The number of para-hydroxylation sites is 1. The van der Waals surface area contributed by atoms with Crippen LogP contribution in [0.2, 0.25) is 0 Å². The molecule has 1 N–H and O–H groups in total. The molecule has 3 nitrogen and oxygen atoms in total. The Bertz CT molecular complexity index is 723. The van der Waals surface area contributed by atoms with Gasteiger partial charge in [-0.25, -0.2) is 0 Å². The van der Waals surface area contributed by atoms with Gasteiger partial charge in [0.1, 0.15) is 0 Å². The van der Waals surface area contributed by atoms with Crippen LogP contribution in [0.3, 0.4) is 0 Å². The van der Waals surface area contributed by atoms with Gasteiger partial charge in [-0.05, 0) is 87.4 Å². The summed E-state index contributed by atoms with van der Waals surface area (Å²) in [6.07, 6.45) is 13.8. The lowest BCUT2D eigenvalue weighted by Gasteiger charge is -2.39. The molecule has 1 aromatic carbocycles. The second kappa shape index (κ2) is 6.53. The Morgan fingerprint density at radius 1 is 1.15 bits per heavy atom. The van der Waals surface area contributed by atoms with Crippen LogP contribution in [0.4, 0.5) is 5.69 Å². The number of carbonyl (C=O) groups excluding carboxylic acids is 1. The van der Waals surface area contributed by atoms with Gasteiger partial charge in [0, 0.05) is 13.7 Å². The third-order valence-electron chi connectivity index (χ3n) is 7.48. The number of amides is 1. The number of nitrogens with one attached hydrogen (secondary N) is 1. The molecule has 1 saturated carbocycles. The lowest BCUT2D eigenvalue weighted by atomic mass is 9.73. The summed E-state index contributed by atoms with van der Waals surface area (Å²) >= 11 is 0. The summed E-state index contributed by atoms with van der Waals surface area (Å²) in [7, 11) is 0. The number of likely N-dealkylation sites (tertiary alicyclic amines) is 1. The molecule has 1 spiro atoms. The molecule has 2 fully saturated rings. The highest BCUT2D eigenvalue weighted by Gasteiger charge is 2.48. The molecule has 2 bridgehead atoms. The van der Waals surface area contributed by atoms with E-state index in [0.717, 1.165) is 49.4 Å². The fourth-order valence-corrected chi connectivity index (χ4v) is 6.01. The predicted octanol–water partition coefficient (Wildman–Crippen LogP) is 4.60. The number of hydrogen-bond donors (Lipinski definition) is 1. The van der Waals surface area contributed by atoms with Gasteiger partial charge in [-0.2, -0.15) is 0 Å². The van der Waals surface area contributed by atoms with E-state index in [2.05, 4.69) is 34.5 Å². The number of benzene rings is 1. The van der Waals surface area contributed by atoms with Gasteiger partial charge in [-0.3, -0.25) is 4.79 Å². The van der Waals surface area contributed by atoms with Gasteiger partial charge in [-0.15, -0.1) is 0 Å². The van der Waals surface area contributed by atoms with Crippen molar-refractivity contribution in [3.63, 3.8) is 0 Å². The zero-order chi connectivity index (χ0) is 17.6. The Hall–Kier alpha value is -1.61. The standard InChI is InChI=1S/C23H30N2O.H2/c26-22-23(20-6-1-2-7-21(20)24-22)10-12-25(13-11-23)16-19-9-8-17-4-3-5-18(14-17)15-19;/h1-3,5-7,17-19H,4,8-16H2,(H,24,26);1H. The normalized spacial score (nSPS) is 32.9. The van der Waals surface area contributed by atoms with Crippen LogP contribution in [-0.2, 0) is 10.2 Å². The average Bonchev–Trinajstić information content (AvgIpc) is 2.85. The number of piperidine rings is 1. The van der Waals surface area contributed by atoms with Crippen LogP contribution < -0.4 is 5.32 Å². The summed E-state index contributed by atoms with van der Waals surface area (Å²) in [5.74, 6) is 2.83. The molecule has 1 aromatic rings. The van der Waals surface area contributed by atoms with Gasteiger partial charge in [0.05, 0.1) is 5.41 Å². The van der Waals surface area contributed by atoms with E-state index >= 15 is 0 Å². The van der Waals surface area contributed by atoms with Gasteiger partial charge >= 0.3 is 0 Å². The van der Waals surface area contributed by atoms with Gasteiger partial charge in [0.25, 0.3) is 0 Å². The van der Waals surface area contributed by atoms with Crippen molar-refractivity contribution < 1.29 is 6.22 Å². The van der Waals surface area contributed by atoms with Crippen molar-refractivity contribution in [3.05, 3.63) is 42.0 Å². The van der Waals surface area contributed by atoms with Gasteiger partial charge in [-0.1, -0.05) is 30.4 Å². The molecular weight excluding hydrogens is 320 g/mol. The van der Waals surface area contributed by atoms with Crippen molar-refractivity contribution >= 4 is 11.6 Å². The highest BCUT2D eigenvalue weighted by molar-refractivity contribution is 6.06. The van der Waals surface area contributed by atoms with Crippen molar-refractivity contribution in [1.82, 2.24) is 4.90 Å². The summed E-state index contributed by atoms with van der Waals surface area (Å²) < 4.78 is 0. The maximum Gasteiger partial charge on any atom is 0.235 e. The predicted molar refractivity (Wildman–Crippen MR) is 107 cm³/mol. The first kappa shape index (κ1) is 16.6. The first-order valence-electron chi connectivity index (χ1n) is 10.5. The van der Waals surface area contributed by atoms with Crippen molar-refractivity contribution in [2.45, 2.75) is 50.4 Å². The van der Waals surface area contributed by atoms with Crippen LogP contribution in [0.5, 0.6) is 0 Å². The topological polar surface area (TPSA) is 32.3 Å². The minimum Gasteiger partial charge on any atom is -0.325 e. The smallest absolute Gasteiger partial charge is 0.235 e. The SMILES string of the molecule is O=C1Nc2ccccc2C12CCN(CC1CCC3CC=CC(C3)C1)CC2.[HH]. The van der Waals surface area contributed by atoms with Crippen LogP contribution in [0.15, 0.2) is 36.4 Å². The number of anilines is 1. The molecule has 0 radical (unpaired) electrons. The lowest BCUT2D eigenvalue weighted by Crippen LogP contribution is -2.47. The summed E-state index contributed by atoms with van der Waals surface area (Å²) in [6.45, 7) is 3.35. The van der Waals surface area contributed by atoms with E-state index in [-0.39, 0.29) is 12.7 Å². The number of rotatable bonds is 2. The van der Waals surface area contributed by atoms with E-state index in [1.807, 2.05) is 12.1 Å². The van der Waals surface area contributed by atoms with Crippen LogP contribution in [0, 0.1) is 17.8 Å². The lowest BCUT2D eigenvalue weighted by molar-refractivity contribution is -0.122. The molecule has 2 aliphatic carbocycles. The summed E-state index contributed by atoms with van der Waals surface area (Å²) in [6, 6.07) is 8.29.